The summed E-state index contributed by atoms with van der Waals surface area (Å²) in [6.45, 7) is -0.627. The van der Waals surface area contributed by atoms with Crippen molar-refractivity contribution in [1.82, 2.24) is 0 Å². The number of nitrogens with one attached hydrogen (secondary N) is 1. The van der Waals surface area contributed by atoms with Crippen molar-refractivity contribution in [3.05, 3.63) is 60.2 Å². The molecule has 0 heterocycles. The summed E-state index contributed by atoms with van der Waals surface area (Å²) in [5.41, 5.74) is -1.37. The van der Waals surface area contributed by atoms with Crippen LogP contribution in [-0.2, 0) is 20.5 Å². The normalized spacial score (nSPS) is 10.9. The number of ether oxygens (including phenoxy) is 2. The third-order valence-corrected chi connectivity index (χ3v) is 3.19. The quantitative estimate of drug-likeness (QED) is 0.759. The van der Waals surface area contributed by atoms with Crippen molar-refractivity contribution in [2.75, 3.05) is 18.5 Å². The summed E-state index contributed by atoms with van der Waals surface area (Å²) in [6, 6.07) is 13.3. The van der Waals surface area contributed by atoms with Gasteiger partial charge in [-0.05, 0) is 24.3 Å². The first-order chi connectivity index (χ1) is 12.4. The van der Waals surface area contributed by atoms with Crippen LogP contribution in [0.15, 0.2) is 54.6 Å². The SMILES string of the molecule is O=C(COC(=O)CCOc1ccccc1)Nc1ccccc1C(F)(F)F. The summed E-state index contributed by atoms with van der Waals surface area (Å²) >= 11 is 0. The van der Waals surface area contributed by atoms with Gasteiger partial charge >= 0.3 is 12.1 Å². The molecule has 0 bridgehead atoms. The second-order valence-corrected chi connectivity index (χ2v) is 5.16. The van der Waals surface area contributed by atoms with Gasteiger partial charge in [0.25, 0.3) is 5.91 Å². The smallest absolute Gasteiger partial charge is 0.418 e. The highest BCUT2D eigenvalue weighted by atomic mass is 19.4. The molecule has 2 aromatic carbocycles. The van der Waals surface area contributed by atoms with Crippen LogP contribution >= 0.6 is 0 Å². The van der Waals surface area contributed by atoms with E-state index in [1.165, 1.54) is 12.1 Å². The molecule has 1 amide bonds. The molecule has 5 nitrogen and oxygen atoms in total. The number of rotatable bonds is 7. The van der Waals surface area contributed by atoms with Crippen molar-refractivity contribution in [2.24, 2.45) is 0 Å². The van der Waals surface area contributed by atoms with Crippen molar-refractivity contribution in [3.63, 3.8) is 0 Å². The van der Waals surface area contributed by atoms with Crippen LogP contribution in [0.2, 0.25) is 0 Å². The number of anilines is 1. The van der Waals surface area contributed by atoms with Crippen molar-refractivity contribution in [2.45, 2.75) is 12.6 Å². The Bertz CT molecular complexity index is 748. The summed E-state index contributed by atoms with van der Waals surface area (Å²) in [6.07, 6.45) is -4.70. The molecule has 138 valence electrons. The van der Waals surface area contributed by atoms with Crippen LogP contribution in [-0.4, -0.2) is 25.1 Å². The minimum Gasteiger partial charge on any atom is -0.493 e. The Labute approximate surface area is 147 Å². The summed E-state index contributed by atoms with van der Waals surface area (Å²) in [4.78, 5) is 23.3. The van der Waals surface area contributed by atoms with E-state index in [-0.39, 0.29) is 13.0 Å². The predicted octanol–water partition coefficient (Wildman–Crippen LogP) is 3.66. The topological polar surface area (TPSA) is 64.6 Å². The molecule has 0 spiro atoms. The Morgan fingerprint density at radius 2 is 1.62 bits per heavy atom. The number of esters is 1. The maximum atomic E-state index is 12.8. The first kappa shape index (κ1) is 19.3. The molecule has 0 fully saturated rings. The van der Waals surface area contributed by atoms with Crippen molar-refractivity contribution < 1.29 is 32.2 Å². The van der Waals surface area contributed by atoms with Gasteiger partial charge in [0.05, 0.1) is 24.3 Å². The molecule has 0 saturated heterocycles. The predicted molar refractivity (Wildman–Crippen MR) is 87.6 cm³/mol. The summed E-state index contributed by atoms with van der Waals surface area (Å²) in [5, 5.41) is 2.09. The molecule has 2 aromatic rings. The van der Waals surface area contributed by atoms with Gasteiger partial charge in [-0.25, -0.2) is 0 Å². The van der Waals surface area contributed by atoms with E-state index in [0.717, 1.165) is 12.1 Å². The van der Waals surface area contributed by atoms with Crippen molar-refractivity contribution in [3.8, 4) is 5.75 Å². The summed E-state index contributed by atoms with van der Waals surface area (Å²) < 4.78 is 48.6. The minimum atomic E-state index is -4.60. The van der Waals surface area contributed by atoms with Gasteiger partial charge < -0.3 is 14.8 Å². The molecule has 0 atom stereocenters. The third-order valence-electron chi connectivity index (χ3n) is 3.19. The first-order valence-corrected chi connectivity index (χ1v) is 7.66. The maximum absolute atomic E-state index is 12.8. The lowest BCUT2D eigenvalue weighted by Crippen LogP contribution is -2.23. The molecule has 26 heavy (non-hydrogen) atoms. The molecular formula is C18H16F3NO4. The van der Waals surface area contributed by atoms with E-state index in [1.807, 2.05) is 6.07 Å². The van der Waals surface area contributed by atoms with E-state index in [0.29, 0.717) is 5.75 Å². The minimum absolute atomic E-state index is 0.0569. The largest absolute Gasteiger partial charge is 0.493 e. The van der Waals surface area contributed by atoms with Crippen molar-refractivity contribution >= 4 is 17.6 Å². The average molecular weight is 367 g/mol. The zero-order valence-corrected chi connectivity index (χ0v) is 13.6. The summed E-state index contributed by atoms with van der Waals surface area (Å²) in [5.74, 6) is -0.971. The van der Waals surface area contributed by atoms with E-state index in [1.54, 1.807) is 24.3 Å². The number of hydrogen-bond acceptors (Lipinski definition) is 4. The number of alkyl halides is 3. The second-order valence-electron chi connectivity index (χ2n) is 5.16. The third kappa shape index (κ3) is 6.12. The van der Waals surface area contributed by atoms with Crippen molar-refractivity contribution in [1.29, 1.82) is 0 Å². The van der Waals surface area contributed by atoms with Crippen LogP contribution in [0.1, 0.15) is 12.0 Å². The first-order valence-electron chi connectivity index (χ1n) is 7.66. The monoisotopic (exact) mass is 367 g/mol. The average Bonchev–Trinajstić information content (AvgIpc) is 2.60. The van der Waals surface area contributed by atoms with Gasteiger partial charge in [-0.3, -0.25) is 9.59 Å². The Balaban J connectivity index is 1.76. The number of halogens is 3. The Morgan fingerprint density at radius 3 is 2.31 bits per heavy atom. The number of carbonyl (C=O) groups excluding carboxylic acids is 2. The molecule has 2 rings (SSSR count). The molecule has 8 heteroatoms. The van der Waals surface area contributed by atoms with Crippen LogP contribution in [0.25, 0.3) is 0 Å². The fraction of sp³-hybridized carbons (Fsp3) is 0.222. The van der Waals surface area contributed by atoms with Crippen LogP contribution < -0.4 is 10.1 Å². The van der Waals surface area contributed by atoms with Gasteiger partial charge in [0.1, 0.15) is 5.75 Å². The zero-order valence-electron chi connectivity index (χ0n) is 13.6. The van der Waals surface area contributed by atoms with Crippen LogP contribution in [0.4, 0.5) is 18.9 Å². The lowest BCUT2D eigenvalue weighted by molar-refractivity contribution is -0.147. The fourth-order valence-corrected chi connectivity index (χ4v) is 2.01. The number of para-hydroxylation sites is 2. The summed E-state index contributed by atoms with van der Waals surface area (Å²) in [7, 11) is 0. The highest BCUT2D eigenvalue weighted by Crippen LogP contribution is 2.34. The Hall–Kier alpha value is -3.03. The van der Waals surface area contributed by atoms with Gasteiger partial charge in [0, 0.05) is 0 Å². The van der Waals surface area contributed by atoms with Gasteiger partial charge in [-0.2, -0.15) is 13.2 Å². The molecule has 0 aliphatic heterocycles. The molecule has 1 N–H and O–H groups in total. The molecule has 0 unspecified atom stereocenters. The van der Waals surface area contributed by atoms with Crippen LogP contribution in [0.5, 0.6) is 5.75 Å². The van der Waals surface area contributed by atoms with E-state index < -0.39 is 35.9 Å². The van der Waals surface area contributed by atoms with Gasteiger partial charge in [-0.15, -0.1) is 0 Å². The van der Waals surface area contributed by atoms with E-state index >= 15 is 0 Å². The molecule has 0 aromatic heterocycles. The standard InChI is InChI=1S/C18H16F3NO4/c19-18(20,21)14-8-4-5-9-15(14)22-16(23)12-26-17(24)10-11-25-13-6-2-1-3-7-13/h1-9H,10-12H2,(H,22,23). The molecule has 0 radical (unpaired) electrons. The highest BCUT2D eigenvalue weighted by Gasteiger charge is 2.33. The number of hydrogen-bond donors (Lipinski definition) is 1. The number of amides is 1. The van der Waals surface area contributed by atoms with E-state index in [4.69, 9.17) is 9.47 Å². The van der Waals surface area contributed by atoms with Gasteiger partial charge in [0.2, 0.25) is 0 Å². The van der Waals surface area contributed by atoms with Crippen LogP contribution in [0, 0.1) is 0 Å². The number of benzene rings is 2. The van der Waals surface area contributed by atoms with E-state index in [9.17, 15) is 22.8 Å². The van der Waals surface area contributed by atoms with Gasteiger partial charge in [-0.1, -0.05) is 30.3 Å². The second kappa shape index (κ2) is 8.89. The fourth-order valence-electron chi connectivity index (χ4n) is 2.01. The Morgan fingerprint density at radius 1 is 0.962 bits per heavy atom. The van der Waals surface area contributed by atoms with Gasteiger partial charge in [0.15, 0.2) is 6.61 Å². The lowest BCUT2D eigenvalue weighted by Gasteiger charge is -2.13. The van der Waals surface area contributed by atoms with E-state index in [2.05, 4.69) is 5.32 Å². The Kier molecular flexibility index (Phi) is 6.60. The maximum Gasteiger partial charge on any atom is 0.418 e. The molecule has 0 saturated carbocycles. The molecule has 0 aliphatic carbocycles. The molecule has 0 aliphatic rings. The highest BCUT2D eigenvalue weighted by molar-refractivity contribution is 5.93. The number of carbonyl (C=O) groups is 2. The zero-order chi connectivity index (χ0) is 19.0. The molecular weight excluding hydrogens is 351 g/mol. The lowest BCUT2D eigenvalue weighted by atomic mass is 10.1. The van der Waals surface area contributed by atoms with Crippen LogP contribution in [0.3, 0.4) is 0 Å².